The van der Waals surface area contributed by atoms with E-state index >= 15 is 0 Å². The summed E-state index contributed by atoms with van der Waals surface area (Å²) in [5.41, 5.74) is 1.01. The van der Waals surface area contributed by atoms with Gasteiger partial charge in [-0.25, -0.2) is 4.98 Å². The van der Waals surface area contributed by atoms with Crippen LogP contribution >= 0.6 is 11.3 Å². The standard InChI is InChI=1S/C16H17NO3S/c18-15(19)10-13-16(11-6-7-11)17-14(21-13)8-9-20-12-4-2-1-3-5-12/h1-5,11H,6-10H2,(H,18,19). The van der Waals surface area contributed by atoms with E-state index in [-0.39, 0.29) is 6.42 Å². The Morgan fingerprint density at radius 1 is 1.33 bits per heavy atom. The molecular weight excluding hydrogens is 286 g/mol. The summed E-state index contributed by atoms with van der Waals surface area (Å²) < 4.78 is 5.67. The van der Waals surface area contributed by atoms with E-state index in [4.69, 9.17) is 9.84 Å². The lowest BCUT2D eigenvalue weighted by Crippen LogP contribution is -2.01. The number of carboxylic acid groups (broad SMARTS) is 1. The van der Waals surface area contributed by atoms with E-state index in [9.17, 15) is 4.79 Å². The van der Waals surface area contributed by atoms with Gasteiger partial charge in [-0.3, -0.25) is 4.79 Å². The molecule has 0 aliphatic heterocycles. The number of thiazole rings is 1. The Bertz CT molecular complexity index is 620. The molecule has 21 heavy (non-hydrogen) atoms. The Labute approximate surface area is 127 Å². The van der Waals surface area contributed by atoms with E-state index < -0.39 is 5.97 Å². The van der Waals surface area contributed by atoms with Crippen molar-refractivity contribution in [2.75, 3.05) is 6.61 Å². The van der Waals surface area contributed by atoms with Crippen molar-refractivity contribution in [3.63, 3.8) is 0 Å². The molecule has 110 valence electrons. The van der Waals surface area contributed by atoms with Gasteiger partial charge in [0.1, 0.15) is 5.75 Å². The monoisotopic (exact) mass is 303 g/mol. The van der Waals surface area contributed by atoms with Gasteiger partial charge in [0.25, 0.3) is 0 Å². The Hall–Kier alpha value is -1.88. The fourth-order valence-corrected chi connectivity index (χ4v) is 3.36. The van der Waals surface area contributed by atoms with Crippen LogP contribution in [0.15, 0.2) is 30.3 Å². The second-order valence-electron chi connectivity index (χ2n) is 5.17. The predicted molar refractivity (Wildman–Crippen MR) is 81.1 cm³/mol. The minimum absolute atomic E-state index is 0.0864. The quantitative estimate of drug-likeness (QED) is 0.853. The number of nitrogens with zero attached hydrogens (tertiary/aromatic N) is 1. The first-order valence-corrected chi connectivity index (χ1v) is 7.92. The van der Waals surface area contributed by atoms with Gasteiger partial charge in [-0.1, -0.05) is 18.2 Å². The summed E-state index contributed by atoms with van der Waals surface area (Å²) in [5.74, 6) is 0.550. The van der Waals surface area contributed by atoms with Crippen LogP contribution in [-0.4, -0.2) is 22.7 Å². The summed E-state index contributed by atoms with van der Waals surface area (Å²) in [4.78, 5) is 16.5. The minimum atomic E-state index is -0.785. The molecule has 3 rings (SSSR count). The number of hydrogen-bond donors (Lipinski definition) is 1. The molecule has 2 aromatic rings. The van der Waals surface area contributed by atoms with Crippen molar-refractivity contribution in [2.24, 2.45) is 0 Å². The van der Waals surface area contributed by atoms with E-state index in [1.165, 1.54) is 11.3 Å². The van der Waals surface area contributed by atoms with Crippen LogP contribution in [0.2, 0.25) is 0 Å². The first-order valence-electron chi connectivity index (χ1n) is 7.10. The molecule has 1 fully saturated rings. The van der Waals surface area contributed by atoms with Gasteiger partial charge >= 0.3 is 5.97 Å². The van der Waals surface area contributed by atoms with E-state index in [0.717, 1.165) is 40.6 Å². The fraction of sp³-hybridized carbons (Fsp3) is 0.375. The summed E-state index contributed by atoms with van der Waals surface area (Å²) in [6, 6.07) is 9.68. The number of para-hydroxylation sites is 1. The largest absolute Gasteiger partial charge is 0.493 e. The van der Waals surface area contributed by atoms with Gasteiger partial charge in [0.15, 0.2) is 0 Å². The van der Waals surface area contributed by atoms with Crippen molar-refractivity contribution in [3.8, 4) is 5.75 Å². The molecule has 0 saturated heterocycles. The van der Waals surface area contributed by atoms with Crippen LogP contribution in [0.3, 0.4) is 0 Å². The maximum atomic E-state index is 10.9. The van der Waals surface area contributed by atoms with Crippen LogP contribution in [0.4, 0.5) is 0 Å². The number of aromatic nitrogens is 1. The zero-order valence-electron chi connectivity index (χ0n) is 11.6. The number of carboxylic acids is 1. The van der Waals surface area contributed by atoms with Crippen molar-refractivity contribution in [2.45, 2.75) is 31.6 Å². The number of aliphatic carboxylic acids is 1. The zero-order chi connectivity index (χ0) is 14.7. The van der Waals surface area contributed by atoms with Gasteiger partial charge in [0.2, 0.25) is 0 Å². The van der Waals surface area contributed by atoms with Crippen LogP contribution in [0.5, 0.6) is 5.75 Å². The van der Waals surface area contributed by atoms with Gasteiger partial charge in [0, 0.05) is 17.2 Å². The fourth-order valence-electron chi connectivity index (χ4n) is 2.23. The number of carbonyl (C=O) groups is 1. The van der Waals surface area contributed by atoms with Gasteiger partial charge in [-0.2, -0.15) is 0 Å². The first-order chi connectivity index (χ1) is 10.2. The first kappa shape index (κ1) is 14.1. The molecule has 0 radical (unpaired) electrons. The molecule has 0 unspecified atom stereocenters. The molecule has 1 aliphatic carbocycles. The molecular formula is C16H17NO3S. The third kappa shape index (κ3) is 3.82. The summed E-state index contributed by atoms with van der Waals surface area (Å²) in [7, 11) is 0. The molecule has 4 nitrogen and oxygen atoms in total. The van der Waals surface area contributed by atoms with Crippen LogP contribution in [0.1, 0.15) is 34.3 Å². The molecule has 1 heterocycles. The second-order valence-corrected chi connectivity index (χ2v) is 6.34. The topological polar surface area (TPSA) is 59.4 Å². The molecule has 1 aromatic carbocycles. The highest BCUT2D eigenvalue weighted by Gasteiger charge is 2.30. The number of benzene rings is 1. The molecule has 1 saturated carbocycles. The lowest BCUT2D eigenvalue weighted by molar-refractivity contribution is -0.136. The molecule has 0 amide bonds. The summed E-state index contributed by atoms with van der Waals surface area (Å²) >= 11 is 1.52. The van der Waals surface area contributed by atoms with E-state index in [1.54, 1.807) is 0 Å². The summed E-state index contributed by atoms with van der Waals surface area (Å²) in [5, 5.41) is 9.96. The molecule has 0 atom stereocenters. The van der Waals surface area contributed by atoms with Gasteiger partial charge in [-0.15, -0.1) is 11.3 Å². The molecule has 1 aromatic heterocycles. The molecule has 0 spiro atoms. The van der Waals surface area contributed by atoms with E-state index in [0.29, 0.717) is 12.5 Å². The maximum absolute atomic E-state index is 10.9. The summed E-state index contributed by atoms with van der Waals surface area (Å²) in [6.45, 7) is 0.564. The number of ether oxygens (including phenoxy) is 1. The SMILES string of the molecule is O=C(O)Cc1sc(CCOc2ccccc2)nc1C1CC1. The smallest absolute Gasteiger partial charge is 0.308 e. The highest BCUT2D eigenvalue weighted by atomic mass is 32.1. The third-order valence-corrected chi connectivity index (χ3v) is 4.51. The number of hydrogen-bond acceptors (Lipinski definition) is 4. The van der Waals surface area contributed by atoms with Crippen LogP contribution < -0.4 is 4.74 Å². The van der Waals surface area contributed by atoms with Gasteiger partial charge < -0.3 is 9.84 Å². The predicted octanol–water partition coefficient (Wildman–Crippen LogP) is 3.27. The Morgan fingerprint density at radius 3 is 2.76 bits per heavy atom. The Kier molecular flexibility index (Phi) is 4.20. The lowest BCUT2D eigenvalue weighted by Gasteiger charge is -2.03. The molecule has 1 N–H and O–H groups in total. The van der Waals surface area contributed by atoms with E-state index in [1.807, 2.05) is 30.3 Å². The van der Waals surface area contributed by atoms with E-state index in [2.05, 4.69) is 4.98 Å². The number of rotatable bonds is 7. The average Bonchev–Trinajstić information content (AvgIpc) is 3.23. The Balaban J connectivity index is 1.61. The highest BCUT2D eigenvalue weighted by Crippen LogP contribution is 2.42. The van der Waals surface area contributed by atoms with Crippen molar-refractivity contribution < 1.29 is 14.6 Å². The second kappa shape index (κ2) is 6.26. The van der Waals surface area contributed by atoms with Crippen LogP contribution in [0, 0.1) is 0 Å². The van der Waals surface area contributed by atoms with Gasteiger partial charge in [0.05, 0.1) is 23.7 Å². The lowest BCUT2D eigenvalue weighted by atomic mass is 10.2. The van der Waals surface area contributed by atoms with Crippen molar-refractivity contribution in [1.29, 1.82) is 0 Å². The maximum Gasteiger partial charge on any atom is 0.308 e. The Morgan fingerprint density at radius 2 is 2.10 bits per heavy atom. The highest BCUT2D eigenvalue weighted by molar-refractivity contribution is 7.11. The molecule has 1 aliphatic rings. The van der Waals surface area contributed by atoms with Crippen molar-refractivity contribution in [3.05, 3.63) is 45.9 Å². The third-order valence-electron chi connectivity index (χ3n) is 3.38. The minimum Gasteiger partial charge on any atom is -0.493 e. The normalized spacial score (nSPS) is 14.1. The molecule has 5 heteroatoms. The van der Waals surface area contributed by atoms with Crippen molar-refractivity contribution >= 4 is 17.3 Å². The van der Waals surface area contributed by atoms with Gasteiger partial charge in [-0.05, 0) is 25.0 Å². The molecule has 0 bridgehead atoms. The zero-order valence-corrected chi connectivity index (χ0v) is 12.4. The van der Waals surface area contributed by atoms with Crippen LogP contribution in [0.25, 0.3) is 0 Å². The van der Waals surface area contributed by atoms with Crippen molar-refractivity contribution in [1.82, 2.24) is 4.98 Å². The average molecular weight is 303 g/mol. The summed E-state index contributed by atoms with van der Waals surface area (Å²) in [6.07, 6.45) is 3.08. The van der Waals surface area contributed by atoms with Crippen LogP contribution in [-0.2, 0) is 17.6 Å².